The number of benzene rings is 1. The molecule has 0 atom stereocenters. The highest BCUT2D eigenvalue weighted by Gasteiger charge is 2.13. The van der Waals surface area contributed by atoms with Gasteiger partial charge < -0.3 is 10.1 Å². The molecule has 0 amide bonds. The van der Waals surface area contributed by atoms with Crippen LogP contribution in [-0.2, 0) is 4.74 Å². The summed E-state index contributed by atoms with van der Waals surface area (Å²) in [5.74, 6) is 0. The molecule has 0 aliphatic heterocycles. The molecular formula is C10H13BrN2O3. The van der Waals surface area contributed by atoms with Crippen LogP contribution in [0.4, 0.5) is 11.4 Å². The molecule has 0 aliphatic carbocycles. The first kappa shape index (κ1) is 12.9. The minimum Gasteiger partial charge on any atom is -0.383 e. The highest BCUT2D eigenvalue weighted by Crippen LogP contribution is 2.30. The average Bonchev–Trinajstić information content (AvgIpc) is 2.22. The van der Waals surface area contributed by atoms with Crippen molar-refractivity contribution in [2.45, 2.75) is 6.92 Å². The van der Waals surface area contributed by atoms with E-state index >= 15 is 0 Å². The predicted octanol–water partition coefficient (Wildman–Crippen LogP) is 2.72. The van der Waals surface area contributed by atoms with E-state index in [0.29, 0.717) is 23.2 Å². The Hall–Kier alpha value is -1.14. The van der Waals surface area contributed by atoms with Crippen molar-refractivity contribution in [3.05, 3.63) is 32.3 Å². The molecule has 0 saturated carbocycles. The maximum Gasteiger partial charge on any atom is 0.273 e. The lowest BCUT2D eigenvalue weighted by Gasteiger charge is -2.09. The normalized spacial score (nSPS) is 10.2. The van der Waals surface area contributed by atoms with E-state index in [9.17, 15) is 10.1 Å². The molecule has 1 N–H and O–H groups in total. The first-order valence-electron chi connectivity index (χ1n) is 4.73. The van der Waals surface area contributed by atoms with Crippen molar-refractivity contribution in [3.8, 4) is 0 Å². The maximum atomic E-state index is 10.7. The molecule has 0 spiro atoms. The van der Waals surface area contributed by atoms with Crippen LogP contribution in [0.1, 0.15) is 5.56 Å². The number of rotatable bonds is 5. The molecule has 5 nitrogen and oxygen atoms in total. The summed E-state index contributed by atoms with van der Waals surface area (Å²) >= 11 is 3.29. The van der Waals surface area contributed by atoms with E-state index in [-0.39, 0.29) is 10.6 Å². The highest BCUT2D eigenvalue weighted by atomic mass is 79.9. The maximum absolute atomic E-state index is 10.7. The zero-order valence-electron chi connectivity index (χ0n) is 9.12. The molecule has 1 rings (SSSR count). The first-order chi connectivity index (χ1) is 7.56. The predicted molar refractivity (Wildman–Crippen MR) is 65.9 cm³/mol. The molecule has 1 aromatic carbocycles. The molecule has 1 aromatic rings. The smallest absolute Gasteiger partial charge is 0.273 e. The lowest BCUT2D eigenvalue weighted by Crippen LogP contribution is -2.08. The molecule has 88 valence electrons. The third kappa shape index (κ3) is 3.18. The van der Waals surface area contributed by atoms with Crippen LogP contribution in [0.15, 0.2) is 16.6 Å². The van der Waals surface area contributed by atoms with Crippen molar-refractivity contribution in [2.24, 2.45) is 0 Å². The molecule has 0 aliphatic rings. The number of ether oxygens (including phenoxy) is 1. The lowest BCUT2D eigenvalue weighted by atomic mass is 10.2. The van der Waals surface area contributed by atoms with Crippen LogP contribution in [0.5, 0.6) is 0 Å². The molecule has 0 fully saturated rings. The van der Waals surface area contributed by atoms with Gasteiger partial charge in [0.15, 0.2) is 0 Å². The number of nitro benzene ring substituents is 1. The van der Waals surface area contributed by atoms with Crippen molar-refractivity contribution in [1.82, 2.24) is 0 Å². The monoisotopic (exact) mass is 288 g/mol. The summed E-state index contributed by atoms with van der Waals surface area (Å²) in [7, 11) is 1.62. The fraction of sp³-hybridized carbons (Fsp3) is 0.400. The van der Waals surface area contributed by atoms with E-state index in [1.165, 1.54) is 6.07 Å². The van der Waals surface area contributed by atoms with E-state index in [1.54, 1.807) is 20.1 Å². The summed E-state index contributed by atoms with van der Waals surface area (Å²) in [6.45, 7) is 2.96. The molecule has 0 radical (unpaired) electrons. The molecule has 0 bridgehead atoms. The SMILES string of the molecule is COCCNc1cc(C)c([N+](=O)[O-])cc1Br. The van der Waals surface area contributed by atoms with Crippen LogP contribution in [0.25, 0.3) is 0 Å². The second-order valence-corrected chi connectivity index (χ2v) is 4.15. The Labute approximate surface area is 102 Å². The Bertz CT molecular complexity index is 396. The van der Waals surface area contributed by atoms with Gasteiger partial charge in [0.1, 0.15) is 0 Å². The third-order valence-electron chi connectivity index (χ3n) is 2.10. The summed E-state index contributed by atoms with van der Waals surface area (Å²) in [6.07, 6.45) is 0. The average molecular weight is 289 g/mol. The number of nitro groups is 1. The highest BCUT2D eigenvalue weighted by molar-refractivity contribution is 9.10. The largest absolute Gasteiger partial charge is 0.383 e. The quantitative estimate of drug-likeness (QED) is 0.514. The summed E-state index contributed by atoms with van der Waals surface area (Å²) < 4.78 is 5.59. The van der Waals surface area contributed by atoms with Crippen LogP contribution < -0.4 is 5.32 Å². The molecule has 0 heterocycles. The van der Waals surface area contributed by atoms with Crippen molar-refractivity contribution in [2.75, 3.05) is 25.6 Å². The standard InChI is InChI=1S/C10H13BrN2O3/c1-7-5-9(12-3-4-16-2)8(11)6-10(7)13(14)15/h5-6,12H,3-4H2,1-2H3. The van der Waals surface area contributed by atoms with Gasteiger partial charge in [-0.05, 0) is 28.9 Å². The minimum atomic E-state index is -0.390. The van der Waals surface area contributed by atoms with Gasteiger partial charge in [0.2, 0.25) is 0 Å². The molecule has 6 heteroatoms. The number of nitrogens with zero attached hydrogens (tertiary/aromatic N) is 1. The van der Waals surface area contributed by atoms with Crippen LogP contribution in [0, 0.1) is 17.0 Å². The Morgan fingerprint density at radius 3 is 2.81 bits per heavy atom. The number of hydrogen-bond acceptors (Lipinski definition) is 4. The molecular weight excluding hydrogens is 276 g/mol. The number of halogens is 1. The molecule has 0 saturated heterocycles. The summed E-state index contributed by atoms with van der Waals surface area (Å²) in [6, 6.07) is 3.25. The number of aryl methyl sites for hydroxylation is 1. The number of anilines is 1. The minimum absolute atomic E-state index is 0.115. The van der Waals surface area contributed by atoms with Crippen LogP contribution in [0.3, 0.4) is 0 Å². The van der Waals surface area contributed by atoms with Gasteiger partial charge in [-0.15, -0.1) is 0 Å². The van der Waals surface area contributed by atoms with E-state index in [0.717, 1.165) is 5.69 Å². The van der Waals surface area contributed by atoms with Gasteiger partial charge in [0.25, 0.3) is 5.69 Å². The lowest BCUT2D eigenvalue weighted by molar-refractivity contribution is -0.385. The van der Waals surface area contributed by atoms with E-state index in [4.69, 9.17) is 4.74 Å². The molecule has 0 aromatic heterocycles. The second-order valence-electron chi connectivity index (χ2n) is 3.30. The van der Waals surface area contributed by atoms with Gasteiger partial charge in [-0.3, -0.25) is 10.1 Å². The van der Waals surface area contributed by atoms with Crippen molar-refractivity contribution in [1.29, 1.82) is 0 Å². The van der Waals surface area contributed by atoms with Crippen molar-refractivity contribution >= 4 is 27.3 Å². The Balaban J connectivity index is 2.88. The molecule has 0 unspecified atom stereocenters. The van der Waals surface area contributed by atoms with E-state index in [2.05, 4.69) is 21.2 Å². The van der Waals surface area contributed by atoms with Gasteiger partial charge in [0.05, 0.1) is 11.5 Å². The fourth-order valence-corrected chi connectivity index (χ4v) is 1.76. The fourth-order valence-electron chi connectivity index (χ4n) is 1.29. The summed E-state index contributed by atoms with van der Waals surface area (Å²) in [5.41, 5.74) is 1.58. The Morgan fingerprint density at radius 2 is 2.25 bits per heavy atom. The van der Waals surface area contributed by atoms with Gasteiger partial charge >= 0.3 is 0 Å². The van der Waals surface area contributed by atoms with Gasteiger partial charge in [-0.1, -0.05) is 0 Å². The summed E-state index contributed by atoms with van der Waals surface area (Å²) in [5, 5.41) is 13.8. The number of hydrogen-bond donors (Lipinski definition) is 1. The second kappa shape index (κ2) is 5.81. The third-order valence-corrected chi connectivity index (χ3v) is 2.76. The summed E-state index contributed by atoms with van der Waals surface area (Å²) in [4.78, 5) is 10.3. The van der Waals surface area contributed by atoms with Crippen molar-refractivity contribution < 1.29 is 9.66 Å². The first-order valence-corrected chi connectivity index (χ1v) is 5.53. The number of nitrogens with one attached hydrogen (secondary N) is 1. The zero-order chi connectivity index (χ0) is 12.1. The molecule has 16 heavy (non-hydrogen) atoms. The topological polar surface area (TPSA) is 64.4 Å². The van der Waals surface area contributed by atoms with Gasteiger partial charge in [-0.25, -0.2) is 0 Å². The van der Waals surface area contributed by atoms with Crippen molar-refractivity contribution in [3.63, 3.8) is 0 Å². The van der Waals surface area contributed by atoms with Crippen LogP contribution in [-0.4, -0.2) is 25.2 Å². The Morgan fingerprint density at radius 1 is 1.56 bits per heavy atom. The zero-order valence-corrected chi connectivity index (χ0v) is 10.7. The number of methoxy groups -OCH3 is 1. The van der Waals surface area contributed by atoms with Gasteiger partial charge in [-0.2, -0.15) is 0 Å². The van der Waals surface area contributed by atoms with E-state index in [1.807, 2.05) is 0 Å². The van der Waals surface area contributed by atoms with Gasteiger partial charge in [0, 0.05) is 35.4 Å². The van der Waals surface area contributed by atoms with Crippen LogP contribution in [0.2, 0.25) is 0 Å². The van der Waals surface area contributed by atoms with Crippen LogP contribution >= 0.6 is 15.9 Å². The Kier molecular flexibility index (Phi) is 4.70. The van der Waals surface area contributed by atoms with E-state index < -0.39 is 0 Å².